The second kappa shape index (κ2) is 12.2. The van der Waals surface area contributed by atoms with Gasteiger partial charge in [-0.1, -0.05) is 39.8 Å². The van der Waals surface area contributed by atoms with Crippen LogP contribution in [-0.4, -0.2) is 35.1 Å². The van der Waals surface area contributed by atoms with Crippen LogP contribution in [0.5, 0.6) is 0 Å². The van der Waals surface area contributed by atoms with Gasteiger partial charge in [-0.25, -0.2) is 0 Å². The van der Waals surface area contributed by atoms with Crippen LogP contribution >= 0.6 is 0 Å². The van der Waals surface area contributed by atoms with Crippen LogP contribution in [0, 0.1) is 17.8 Å². The molecule has 33 heavy (non-hydrogen) atoms. The molecule has 1 aromatic carbocycles. The lowest BCUT2D eigenvalue weighted by Crippen LogP contribution is -2.46. The van der Waals surface area contributed by atoms with Crippen molar-refractivity contribution in [3.05, 3.63) is 35.4 Å². The fourth-order valence-corrected chi connectivity index (χ4v) is 5.31. The molecule has 1 aliphatic carbocycles. The molecular weight excluding hydrogens is 427 g/mol. The Kier molecular flexibility index (Phi) is 10.3. The molecule has 0 spiro atoms. The van der Waals surface area contributed by atoms with Gasteiger partial charge >= 0.3 is 12.1 Å². The minimum atomic E-state index is -4.36. The number of rotatable bonds is 11. The van der Waals surface area contributed by atoms with E-state index in [9.17, 15) is 23.1 Å². The molecule has 2 rings (SSSR count). The first-order valence-corrected chi connectivity index (χ1v) is 12.5. The highest BCUT2D eigenvalue weighted by Crippen LogP contribution is 2.42. The maximum Gasteiger partial charge on any atom is 0.416 e. The molecule has 0 bridgehead atoms. The van der Waals surface area contributed by atoms with Gasteiger partial charge in [0.25, 0.3) is 0 Å². The molecule has 188 valence electrons. The van der Waals surface area contributed by atoms with Crippen LogP contribution in [0.15, 0.2) is 24.3 Å². The van der Waals surface area contributed by atoms with Gasteiger partial charge in [0.05, 0.1) is 5.56 Å². The highest BCUT2D eigenvalue weighted by molar-refractivity contribution is 5.67. The fourth-order valence-electron chi connectivity index (χ4n) is 5.31. The van der Waals surface area contributed by atoms with Gasteiger partial charge in [0, 0.05) is 18.5 Å². The Bertz CT molecular complexity index is 718. The molecule has 3 atom stereocenters. The van der Waals surface area contributed by atoms with Crippen LogP contribution in [0.2, 0.25) is 0 Å². The third-order valence-electron chi connectivity index (χ3n) is 7.31. The van der Waals surface area contributed by atoms with Gasteiger partial charge in [0.1, 0.15) is 0 Å². The number of aliphatic carboxylic acids is 1. The van der Waals surface area contributed by atoms with E-state index in [2.05, 4.69) is 39.6 Å². The molecule has 0 unspecified atom stereocenters. The number of carboxylic acid groups (broad SMARTS) is 1. The van der Waals surface area contributed by atoms with Gasteiger partial charge in [-0.3, -0.25) is 9.69 Å². The van der Waals surface area contributed by atoms with Gasteiger partial charge in [0.15, 0.2) is 0 Å². The molecule has 0 radical (unpaired) electrons. The summed E-state index contributed by atoms with van der Waals surface area (Å²) in [6.45, 7) is 8.95. The van der Waals surface area contributed by atoms with Gasteiger partial charge in [-0.05, 0) is 93.4 Å². The summed E-state index contributed by atoms with van der Waals surface area (Å²) in [6, 6.07) is 6.18. The van der Waals surface area contributed by atoms with E-state index >= 15 is 0 Å². The Balaban J connectivity index is 2.29. The molecule has 1 aliphatic rings. The maximum absolute atomic E-state index is 13.1. The predicted octanol–water partition coefficient (Wildman–Crippen LogP) is 7.61. The number of carboxylic acids is 1. The highest BCUT2D eigenvalue weighted by Gasteiger charge is 2.37. The van der Waals surface area contributed by atoms with Gasteiger partial charge in [-0.15, -0.1) is 0 Å². The van der Waals surface area contributed by atoms with Crippen molar-refractivity contribution < 1.29 is 23.1 Å². The Morgan fingerprint density at radius 1 is 1.00 bits per heavy atom. The summed E-state index contributed by atoms with van der Waals surface area (Å²) in [5.41, 5.74) is 0.252. The number of alkyl halides is 3. The molecule has 0 heterocycles. The van der Waals surface area contributed by atoms with Crippen molar-refractivity contribution in [3.8, 4) is 0 Å². The van der Waals surface area contributed by atoms with Gasteiger partial charge < -0.3 is 5.11 Å². The van der Waals surface area contributed by atoms with Crippen LogP contribution in [0.1, 0.15) is 96.1 Å². The smallest absolute Gasteiger partial charge is 0.416 e. The fraction of sp³-hybridized carbons (Fsp3) is 0.741. The van der Waals surface area contributed by atoms with Crippen LogP contribution in [0.4, 0.5) is 13.2 Å². The third-order valence-corrected chi connectivity index (χ3v) is 7.31. The van der Waals surface area contributed by atoms with E-state index in [-0.39, 0.29) is 24.3 Å². The van der Waals surface area contributed by atoms with Crippen LogP contribution < -0.4 is 0 Å². The largest absolute Gasteiger partial charge is 0.481 e. The average molecular weight is 470 g/mol. The molecule has 3 nitrogen and oxygen atoms in total. The molecule has 0 amide bonds. The lowest BCUT2D eigenvalue weighted by atomic mass is 9.72. The topological polar surface area (TPSA) is 40.5 Å². The van der Waals surface area contributed by atoms with E-state index in [1.54, 1.807) is 12.1 Å². The number of nitrogens with zero attached hydrogens (tertiary/aromatic N) is 1. The van der Waals surface area contributed by atoms with Crippen molar-refractivity contribution in [2.75, 3.05) is 7.05 Å². The first kappa shape index (κ1) is 27.7. The molecule has 1 fully saturated rings. The van der Waals surface area contributed by atoms with E-state index in [0.29, 0.717) is 24.3 Å². The van der Waals surface area contributed by atoms with Crippen molar-refractivity contribution in [2.24, 2.45) is 17.8 Å². The van der Waals surface area contributed by atoms with Crippen molar-refractivity contribution in [2.45, 2.75) is 103 Å². The average Bonchev–Trinajstić information content (AvgIpc) is 2.72. The standard InChI is InChI=1S/C27H42F3NO2/c1-18(2)6-13-23(14-7-19(3)4)31(5)25-15-8-20(17-26(32)33)16-24(25)21-9-11-22(12-10-21)27(28,29)30/h9-12,18-20,23-25H,6-8,13-17H2,1-5H3,(H,32,33)/t20-,24+,25-/m1/s1. The predicted molar refractivity (Wildman–Crippen MR) is 127 cm³/mol. The molecule has 6 heteroatoms. The zero-order valence-electron chi connectivity index (χ0n) is 20.9. The Morgan fingerprint density at radius 2 is 1.55 bits per heavy atom. The van der Waals surface area contributed by atoms with Crippen molar-refractivity contribution in [1.29, 1.82) is 0 Å². The number of hydrogen-bond donors (Lipinski definition) is 1. The molecule has 0 saturated heterocycles. The first-order chi connectivity index (χ1) is 15.4. The molecule has 0 aromatic heterocycles. The number of hydrogen-bond acceptors (Lipinski definition) is 2. The van der Waals surface area contributed by atoms with E-state index in [1.807, 2.05) is 0 Å². The number of likely N-dealkylation sites (N-methyl/N-ethyl adjacent to an activating group) is 1. The number of halogens is 3. The first-order valence-electron chi connectivity index (χ1n) is 12.5. The minimum Gasteiger partial charge on any atom is -0.481 e. The van der Waals surface area contributed by atoms with E-state index < -0.39 is 17.7 Å². The van der Waals surface area contributed by atoms with E-state index in [0.717, 1.165) is 44.1 Å². The van der Waals surface area contributed by atoms with Crippen molar-refractivity contribution >= 4 is 5.97 Å². The van der Waals surface area contributed by atoms with Gasteiger partial charge in [0.2, 0.25) is 0 Å². The summed E-state index contributed by atoms with van der Waals surface area (Å²) < 4.78 is 39.3. The van der Waals surface area contributed by atoms with Gasteiger partial charge in [-0.2, -0.15) is 13.2 Å². The van der Waals surface area contributed by atoms with E-state index in [1.165, 1.54) is 12.1 Å². The Morgan fingerprint density at radius 3 is 2.00 bits per heavy atom. The second-order valence-corrected chi connectivity index (χ2v) is 10.8. The summed E-state index contributed by atoms with van der Waals surface area (Å²) in [4.78, 5) is 13.8. The molecule has 1 aromatic rings. The molecule has 1 N–H and O–H groups in total. The minimum absolute atomic E-state index is 0.0379. The molecular formula is C27H42F3NO2. The lowest BCUT2D eigenvalue weighted by Gasteiger charge is -2.45. The lowest BCUT2D eigenvalue weighted by molar-refractivity contribution is -0.139. The third kappa shape index (κ3) is 8.62. The zero-order valence-corrected chi connectivity index (χ0v) is 20.9. The Labute approximate surface area is 197 Å². The summed E-state index contributed by atoms with van der Waals surface area (Å²) in [6.07, 6.45) is 2.70. The second-order valence-electron chi connectivity index (χ2n) is 10.8. The van der Waals surface area contributed by atoms with Crippen LogP contribution in [0.3, 0.4) is 0 Å². The number of carbonyl (C=O) groups is 1. The zero-order chi connectivity index (χ0) is 24.8. The molecule has 1 saturated carbocycles. The summed E-state index contributed by atoms with van der Waals surface area (Å²) in [5, 5.41) is 9.32. The monoisotopic (exact) mass is 469 g/mol. The van der Waals surface area contributed by atoms with Crippen LogP contribution in [0.25, 0.3) is 0 Å². The number of benzene rings is 1. The van der Waals surface area contributed by atoms with Crippen molar-refractivity contribution in [1.82, 2.24) is 4.90 Å². The van der Waals surface area contributed by atoms with Crippen LogP contribution in [-0.2, 0) is 11.0 Å². The normalized spacial score (nSPS) is 22.0. The summed E-state index contributed by atoms with van der Waals surface area (Å²) in [7, 11) is 2.17. The molecule has 0 aliphatic heterocycles. The quantitative estimate of drug-likeness (QED) is 0.363. The van der Waals surface area contributed by atoms with E-state index in [4.69, 9.17) is 0 Å². The SMILES string of the molecule is CC(C)CCC(CCC(C)C)N(C)[C@@H]1CC[C@@H](CC(=O)O)C[C@H]1c1ccc(C(F)(F)F)cc1. The summed E-state index contributed by atoms with van der Waals surface area (Å²) >= 11 is 0. The maximum atomic E-state index is 13.1. The van der Waals surface area contributed by atoms with Crippen molar-refractivity contribution in [3.63, 3.8) is 0 Å². The summed E-state index contributed by atoms with van der Waals surface area (Å²) in [5.74, 6) is 0.541. The highest BCUT2D eigenvalue weighted by atomic mass is 19.4. The Hall–Kier alpha value is -1.56.